The van der Waals surface area contributed by atoms with Crippen LogP contribution in [0.4, 0.5) is 0 Å². The number of hydrogen-bond acceptors (Lipinski definition) is 1. The second kappa shape index (κ2) is 27.2. The van der Waals surface area contributed by atoms with Gasteiger partial charge in [-0.2, -0.15) is 0 Å². The van der Waals surface area contributed by atoms with Gasteiger partial charge >= 0.3 is 0 Å². The van der Waals surface area contributed by atoms with Crippen LogP contribution in [0.25, 0.3) is 0 Å². The van der Waals surface area contributed by atoms with Gasteiger partial charge in [0.1, 0.15) is 0 Å². The summed E-state index contributed by atoms with van der Waals surface area (Å²) in [5.74, 6) is 0. The molecule has 0 fully saturated rings. The van der Waals surface area contributed by atoms with E-state index in [-0.39, 0.29) is 17.0 Å². The maximum Gasteiger partial charge on any atom is 0.267 e. The number of carbonyl (C=O) groups is 1. The quantitative estimate of drug-likeness (QED) is 0.0785. The molecular weight excluding hydrogens is 487 g/mol. The third-order valence-corrected chi connectivity index (χ3v) is 12.1. The van der Waals surface area contributed by atoms with E-state index in [0.29, 0.717) is 0 Å². The third-order valence-electron chi connectivity index (χ3n) is 7.34. The predicted molar refractivity (Wildman–Crippen MR) is 151 cm³/mol. The van der Waals surface area contributed by atoms with E-state index < -0.39 is 7.26 Å². The van der Waals surface area contributed by atoms with Crippen molar-refractivity contribution in [2.75, 3.05) is 18.5 Å². The Morgan fingerprint density at radius 2 is 0.697 bits per heavy atom. The molecule has 0 unspecified atom stereocenters. The zero-order valence-electron chi connectivity index (χ0n) is 23.4. The average molecular weight is 550 g/mol. The maximum absolute atomic E-state index is 13.4. The van der Waals surface area contributed by atoms with Gasteiger partial charge in [-0.25, -0.2) is 0 Å². The van der Waals surface area contributed by atoms with Crippen molar-refractivity contribution in [3.05, 3.63) is 0 Å². The lowest BCUT2D eigenvalue weighted by atomic mass is 10.0. The number of halogens is 1. The fraction of sp³-hybridized carbons (Fsp3) is 0.967. The summed E-state index contributed by atoms with van der Waals surface area (Å²) in [5.41, 5.74) is 0.725. The van der Waals surface area contributed by atoms with Crippen LogP contribution in [0.3, 0.4) is 0 Å². The van der Waals surface area contributed by atoms with Gasteiger partial charge in [0.05, 0.1) is 25.7 Å². The van der Waals surface area contributed by atoms with E-state index in [9.17, 15) is 4.79 Å². The fourth-order valence-electron chi connectivity index (χ4n) is 4.98. The lowest BCUT2D eigenvalue weighted by molar-refractivity contribution is -0.111. The van der Waals surface area contributed by atoms with Crippen molar-refractivity contribution in [2.45, 2.75) is 169 Å². The summed E-state index contributed by atoms with van der Waals surface area (Å²) < 4.78 is 0. The van der Waals surface area contributed by atoms with Gasteiger partial charge in [-0.3, -0.25) is 4.79 Å². The van der Waals surface area contributed by atoms with Gasteiger partial charge in [0.2, 0.25) is 0 Å². The van der Waals surface area contributed by atoms with Crippen LogP contribution in [0.1, 0.15) is 169 Å². The summed E-state index contributed by atoms with van der Waals surface area (Å²) in [6.45, 7) is 9.15. The molecule has 0 radical (unpaired) electrons. The molecule has 0 aliphatic rings. The van der Waals surface area contributed by atoms with Gasteiger partial charge in [-0.05, 0) is 25.7 Å². The van der Waals surface area contributed by atoms with Crippen molar-refractivity contribution in [1.29, 1.82) is 0 Å². The summed E-state index contributed by atoms with van der Waals surface area (Å²) in [7, 11) is -1.36. The monoisotopic (exact) mass is 548 g/mol. The smallest absolute Gasteiger partial charge is 0.267 e. The molecule has 0 rings (SSSR count). The highest BCUT2D eigenvalue weighted by Crippen LogP contribution is 2.62. The third kappa shape index (κ3) is 20.5. The van der Waals surface area contributed by atoms with E-state index in [1.165, 1.54) is 147 Å². The molecule has 0 N–H and O–H groups in total. The molecule has 0 heterocycles. The maximum atomic E-state index is 13.4. The Labute approximate surface area is 221 Å². The molecule has 0 saturated carbocycles. The van der Waals surface area contributed by atoms with E-state index in [0.717, 1.165) is 18.4 Å². The second-order valence-corrected chi connectivity index (χ2v) is 14.6. The fourth-order valence-corrected chi connectivity index (χ4v) is 9.79. The minimum Gasteiger partial charge on any atom is -1.00 e. The minimum absolute atomic E-state index is 0. The number of rotatable bonds is 26. The Bertz CT molecular complexity index is 377. The molecule has 0 aliphatic heterocycles. The molecule has 0 atom stereocenters. The van der Waals surface area contributed by atoms with Gasteiger partial charge in [0, 0.05) is 6.42 Å². The normalized spacial score (nSPS) is 11.5. The predicted octanol–water partition coefficient (Wildman–Crippen LogP) is 8.20. The Kier molecular flexibility index (Phi) is 29.4. The average Bonchev–Trinajstić information content (AvgIpc) is 2.81. The summed E-state index contributed by atoms with van der Waals surface area (Å²) in [6.07, 6.45) is 33.1. The van der Waals surface area contributed by atoms with Crippen molar-refractivity contribution in [3.63, 3.8) is 0 Å². The van der Waals surface area contributed by atoms with Gasteiger partial charge in [0.15, 0.2) is 0 Å². The summed E-state index contributed by atoms with van der Waals surface area (Å²) in [6, 6.07) is 0. The minimum atomic E-state index is -1.36. The first-order valence-electron chi connectivity index (χ1n) is 15.1. The Balaban J connectivity index is 0. The Morgan fingerprint density at radius 1 is 0.424 bits per heavy atom. The van der Waals surface area contributed by atoms with Crippen LogP contribution in [0.2, 0.25) is 0 Å². The highest BCUT2D eigenvalue weighted by Gasteiger charge is 2.43. The van der Waals surface area contributed by atoms with Crippen LogP contribution in [-0.4, -0.2) is 24.0 Å². The zero-order valence-corrected chi connectivity index (χ0v) is 25.9. The molecule has 200 valence electrons. The lowest BCUT2D eigenvalue weighted by Gasteiger charge is -2.25. The zero-order chi connectivity index (χ0) is 23.8. The van der Waals surface area contributed by atoms with E-state index in [2.05, 4.69) is 27.7 Å². The summed E-state index contributed by atoms with van der Waals surface area (Å²) >= 11 is 0. The van der Waals surface area contributed by atoms with Crippen molar-refractivity contribution in [2.24, 2.45) is 0 Å². The standard InChI is InChI=1S/C30H62OP.BrH/c1-5-9-13-14-15-16-17-18-19-20-21-22-23-24-25-26-30(31)32(27-10-6-2,28-11-7-3)29-12-8-4;/h5-29H2,1-4H3;1H/q+1;/p-1. The lowest BCUT2D eigenvalue weighted by Crippen LogP contribution is -3.00. The molecule has 0 amide bonds. The van der Waals surface area contributed by atoms with Crippen molar-refractivity contribution in [3.8, 4) is 0 Å². The number of carbonyl (C=O) groups excluding carboxylic acids is 1. The van der Waals surface area contributed by atoms with Crippen LogP contribution in [-0.2, 0) is 4.79 Å². The van der Waals surface area contributed by atoms with E-state index in [1.54, 1.807) is 0 Å². The highest BCUT2D eigenvalue weighted by molar-refractivity contribution is 7.90. The Hall–Kier alpha value is 0.580. The van der Waals surface area contributed by atoms with Crippen LogP contribution in [0.15, 0.2) is 0 Å². The summed E-state index contributed by atoms with van der Waals surface area (Å²) in [5, 5.41) is 0. The van der Waals surface area contributed by atoms with Gasteiger partial charge < -0.3 is 17.0 Å². The van der Waals surface area contributed by atoms with Crippen LogP contribution in [0.5, 0.6) is 0 Å². The molecule has 0 aromatic carbocycles. The molecule has 0 saturated heterocycles. The second-order valence-electron chi connectivity index (χ2n) is 10.5. The van der Waals surface area contributed by atoms with Gasteiger partial charge in [-0.15, -0.1) is 0 Å². The molecule has 0 aromatic rings. The number of hydrogen-bond donors (Lipinski definition) is 0. The molecule has 0 aromatic heterocycles. The molecule has 0 aliphatic carbocycles. The van der Waals surface area contributed by atoms with E-state index in [4.69, 9.17) is 0 Å². The molecule has 0 spiro atoms. The largest absolute Gasteiger partial charge is 1.00 e. The van der Waals surface area contributed by atoms with E-state index >= 15 is 0 Å². The molecule has 0 bridgehead atoms. The van der Waals surface area contributed by atoms with E-state index in [1.807, 2.05) is 0 Å². The molecule has 1 nitrogen and oxygen atoms in total. The van der Waals surface area contributed by atoms with Crippen molar-refractivity contribution < 1.29 is 21.8 Å². The first kappa shape index (κ1) is 35.7. The van der Waals surface area contributed by atoms with Gasteiger partial charge in [0.25, 0.3) is 5.52 Å². The van der Waals surface area contributed by atoms with Crippen LogP contribution >= 0.6 is 7.26 Å². The number of unbranched alkanes of at least 4 members (excludes halogenated alkanes) is 17. The van der Waals surface area contributed by atoms with Crippen LogP contribution < -0.4 is 17.0 Å². The topological polar surface area (TPSA) is 17.1 Å². The SMILES string of the molecule is CCCCCCCCCCCCCCCCCC(=O)[P+](CCCC)(CCCC)CCCC.[Br-]. The first-order chi connectivity index (χ1) is 15.7. The molecule has 3 heteroatoms. The van der Waals surface area contributed by atoms with Crippen LogP contribution in [0, 0.1) is 0 Å². The first-order valence-corrected chi connectivity index (χ1v) is 17.4. The Morgan fingerprint density at radius 3 is 1.00 bits per heavy atom. The highest BCUT2D eigenvalue weighted by atomic mass is 79.9. The molecular formula is C30H62BrOP. The van der Waals surface area contributed by atoms with Crippen molar-refractivity contribution in [1.82, 2.24) is 0 Å². The van der Waals surface area contributed by atoms with Gasteiger partial charge in [-0.1, -0.05) is 137 Å². The molecule has 33 heavy (non-hydrogen) atoms. The summed E-state index contributed by atoms with van der Waals surface area (Å²) in [4.78, 5) is 13.4. The van der Waals surface area contributed by atoms with Crippen molar-refractivity contribution >= 4 is 12.8 Å².